The van der Waals surface area contributed by atoms with Crippen molar-refractivity contribution in [1.29, 1.82) is 0 Å². The van der Waals surface area contributed by atoms with Crippen molar-refractivity contribution in [3.05, 3.63) is 41.6 Å². The van der Waals surface area contributed by atoms with Gasteiger partial charge in [0.15, 0.2) is 0 Å². The van der Waals surface area contributed by atoms with Crippen LogP contribution in [0.4, 0.5) is 11.5 Å². The van der Waals surface area contributed by atoms with Gasteiger partial charge in [-0.2, -0.15) is 5.10 Å². The molecule has 0 bridgehead atoms. The van der Waals surface area contributed by atoms with Crippen LogP contribution in [0.15, 0.2) is 30.3 Å². The summed E-state index contributed by atoms with van der Waals surface area (Å²) in [7, 11) is 0. The first-order valence-corrected chi connectivity index (χ1v) is 6.33. The number of benzene rings is 1. The fourth-order valence-electron chi connectivity index (χ4n) is 1.98. The number of nitrogens with zero attached hydrogens (tertiary/aromatic N) is 2. The van der Waals surface area contributed by atoms with Crippen LogP contribution < -0.4 is 11.1 Å². The van der Waals surface area contributed by atoms with E-state index in [4.69, 9.17) is 5.73 Å². The summed E-state index contributed by atoms with van der Waals surface area (Å²) in [6.07, 6.45) is 0.980. The Morgan fingerprint density at radius 1 is 1.28 bits per heavy atom. The predicted octanol–water partition coefficient (Wildman–Crippen LogP) is 2.45. The molecule has 3 N–H and O–H groups in total. The monoisotopic (exact) mass is 244 g/mol. The normalized spacial score (nSPS) is 10.6. The molecule has 0 amide bonds. The van der Waals surface area contributed by atoms with Crippen molar-refractivity contribution in [3.8, 4) is 0 Å². The standard InChI is InChI=1S/C14H20N4/c1-3-18-14(13(15)11(2)17-18)16-10-9-12-7-5-4-6-8-12/h4-8,16H,3,9-10,15H2,1-2H3. The molecule has 4 nitrogen and oxygen atoms in total. The van der Waals surface area contributed by atoms with Gasteiger partial charge in [-0.3, -0.25) is 0 Å². The molecule has 18 heavy (non-hydrogen) atoms. The Kier molecular flexibility index (Phi) is 3.87. The smallest absolute Gasteiger partial charge is 0.148 e. The first-order chi connectivity index (χ1) is 8.72. The third-order valence-corrected chi connectivity index (χ3v) is 3.02. The Morgan fingerprint density at radius 3 is 2.67 bits per heavy atom. The summed E-state index contributed by atoms with van der Waals surface area (Å²) in [5.41, 5.74) is 8.98. The van der Waals surface area contributed by atoms with Gasteiger partial charge in [-0.05, 0) is 25.8 Å². The number of nitrogens with two attached hydrogens (primary N) is 1. The highest BCUT2D eigenvalue weighted by Crippen LogP contribution is 2.21. The van der Waals surface area contributed by atoms with E-state index in [0.29, 0.717) is 0 Å². The number of rotatable bonds is 5. The third-order valence-electron chi connectivity index (χ3n) is 3.02. The predicted molar refractivity (Wildman–Crippen MR) is 75.7 cm³/mol. The number of nitrogen functional groups attached to an aromatic ring is 1. The molecule has 2 rings (SSSR count). The van der Waals surface area contributed by atoms with Crippen LogP contribution in [-0.4, -0.2) is 16.3 Å². The van der Waals surface area contributed by atoms with Gasteiger partial charge in [-0.15, -0.1) is 0 Å². The Labute approximate surface area is 108 Å². The molecule has 0 spiro atoms. The molecule has 0 aliphatic carbocycles. The van der Waals surface area contributed by atoms with E-state index in [0.717, 1.165) is 36.7 Å². The van der Waals surface area contributed by atoms with Gasteiger partial charge in [-0.25, -0.2) is 4.68 Å². The average molecular weight is 244 g/mol. The zero-order valence-corrected chi connectivity index (χ0v) is 11.0. The maximum Gasteiger partial charge on any atom is 0.148 e. The van der Waals surface area contributed by atoms with Crippen molar-refractivity contribution in [2.75, 3.05) is 17.6 Å². The van der Waals surface area contributed by atoms with Crippen LogP contribution in [0.2, 0.25) is 0 Å². The lowest BCUT2D eigenvalue weighted by molar-refractivity contribution is 0.657. The number of nitrogens with one attached hydrogen (secondary N) is 1. The molecule has 2 aromatic rings. The molecule has 0 unspecified atom stereocenters. The van der Waals surface area contributed by atoms with Crippen LogP contribution in [0.3, 0.4) is 0 Å². The summed E-state index contributed by atoms with van der Waals surface area (Å²) in [6.45, 7) is 5.68. The second-order valence-corrected chi connectivity index (χ2v) is 4.33. The Hall–Kier alpha value is -1.97. The van der Waals surface area contributed by atoms with Crippen LogP contribution in [0, 0.1) is 6.92 Å². The summed E-state index contributed by atoms with van der Waals surface area (Å²) >= 11 is 0. The molecule has 96 valence electrons. The largest absolute Gasteiger partial charge is 0.394 e. The maximum atomic E-state index is 6.01. The van der Waals surface area contributed by atoms with E-state index in [-0.39, 0.29) is 0 Å². The highest BCUT2D eigenvalue weighted by molar-refractivity contribution is 5.64. The highest BCUT2D eigenvalue weighted by Gasteiger charge is 2.10. The lowest BCUT2D eigenvalue weighted by Gasteiger charge is -2.09. The van der Waals surface area contributed by atoms with Gasteiger partial charge < -0.3 is 11.1 Å². The van der Waals surface area contributed by atoms with E-state index in [2.05, 4.69) is 41.6 Å². The van der Waals surface area contributed by atoms with E-state index in [9.17, 15) is 0 Å². The molecule has 1 aromatic heterocycles. The molecule has 0 saturated carbocycles. The van der Waals surface area contributed by atoms with Crippen molar-refractivity contribution >= 4 is 11.5 Å². The zero-order valence-electron chi connectivity index (χ0n) is 11.0. The van der Waals surface area contributed by atoms with E-state index >= 15 is 0 Å². The van der Waals surface area contributed by atoms with Crippen molar-refractivity contribution in [2.45, 2.75) is 26.8 Å². The topological polar surface area (TPSA) is 55.9 Å². The molecule has 0 fully saturated rings. The van der Waals surface area contributed by atoms with Gasteiger partial charge in [0, 0.05) is 13.1 Å². The minimum absolute atomic E-state index is 0.755. The summed E-state index contributed by atoms with van der Waals surface area (Å²) < 4.78 is 1.91. The minimum Gasteiger partial charge on any atom is -0.394 e. The van der Waals surface area contributed by atoms with Gasteiger partial charge in [0.25, 0.3) is 0 Å². The van der Waals surface area contributed by atoms with Gasteiger partial charge in [0.05, 0.1) is 11.4 Å². The van der Waals surface area contributed by atoms with Crippen molar-refractivity contribution in [3.63, 3.8) is 0 Å². The maximum absolute atomic E-state index is 6.01. The van der Waals surface area contributed by atoms with Crippen LogP contribution >= 0.6 is 0 Å². The van der Waals surface area contributed by atoms with Gasteiger partial charge >= 0.3 is 0 Å². The van der Waals surface area contributed by atoms with Crippen molar-refractivity contribution in [1.82, 2.24) is 9.78 Å². The van der Waals surface area contributed by atoms with Crippen molar-refractivity contribution < 1.29 is 0 Å². The van der Waals surface area contributed by atoms with E-state index in [1.165, 1.54) is 5.56 Å². The molecule has 0 aliphatic heterocycles. The molecule has 1 aromatic carbocycles. The number of aromatic nitrogens is 2. The number of aryl methyl sites for hydroxylation is 2. The first kappa shape index (κ1) is 12.5. The van der Waals surface area contributed by atoms with E-state index in [1.807, 2.05) is 17.7 Å². The van der Waals surface area contributed by atoms with Crippen molar-refractivity contribution in [2.24, 2.45) is 0 Å². The summed E-state index contributed by atoms with van der Waals surface area (Å²) in [5, 5.41) is 7.76. The summed E-state index contributed by atoms with van der Waals surface area (Å²) in [6, 6.07) is 10.4. The Balaban J connectivity index is 1.98. The molecule has 0 aliphatic rings. The summed E-state index contributed by atoms with van der Waals surface area (Å²) in [5.74, 6) is 0.936. The quantitative estimate of drug-likeness (QED) is 0.849. The van der Waals surface area contributed by atoms with E-state index < -0.39 is 0 Å². The first-order valence-electron chi connectivity index (χ1n) is 6.33. The molecule has 0 saturated heterocycles. The van der Waals surface area contributed by atoms with Crippen LogP contribution in [0.1, 0.15) is 18.2 Å². The fraction of sp³-hybridized carbons (Fsp3) is 0.357. The molecule has 4 heteroatoms. The summed E-state index contributed by atoms with van der Waals surface area (Å²) in [4.78, 5) is 0. The second-order valence-electron chi connectivity index (χ2n) is 4.33. The Morgan fingerprint density at radius 2 is 2.00 bits per heavy atom. The number of anilines is 2. The minimum atomic E-state index is 0.755. The van der Waals surface area contributed by atoms with Gasteiger partial charge in [0.2, 0.25) is 0 Å². The average Bonchev–Trinajstić information content (AvgIpc) is 2.67. The van der Waals surface area contributed by atoms with Gasteiger partial charge in [-0.1, -0.05) is 30.3 Å². The van der Waals surface area contributed by atoms with Crippen LogP contribution in [0.5, 0.6) is 0 Å². The molecule has 0 radical (unpaired) electrons. The number of hydrogen-bond acceptors (Lipinski definition) is 3. The number of hydrogen-bond donors (Lipinski definition) is 2. The highest BCUT2D eigenvalue weighted by atomic mass is 15.3. The Bertz CT molecular complexity index is 502. The SMILES string of the molecule is CCn1nc(C)c(N)c1NCCc1ccccc1. The second kappa shape index (κ2) is 5.58. The lowest BCUT2D eigenvalue weighted by atomic mass is 10.1. The fourth-order valence-corrected chi connectivity index (χ4v) is 1.98. The van der Waals surface area contributed by atoms with E-state index in [1.54, 1.807) is 0 Å². The molecule has 1 heterocycles. The van der Waals surface area contributed by atoms with Crippen LogP contribution in [0.25, 0.3) is 0 Å². The zero-order chi connectivity index (χ0) is 13.0. The van der Waals surface area contributed by atoms with Gasteiger partial charge in [0.1, 0.15) is 5.82 Å². The lowest BCUT2D eigenvalue weighted by Crippen LogP contribution is -2.11. The van der Waals surface area contributed by atoms with Crippen LogP contribution in [-0.2, 0) is 13.0 Å². The molecule has 0 atom stereocenters. The third kappa shape index (κ3) is 2.64. The molecular formula is C14H20N4. The molecular weight excluding hydrogens is 224 g/mol.